The van der Waals surface area contributed by atoms with Crippen LogP contribution in [0.4, 0.5) is 5.69 Å². The Bertz CT molecular complexity index is 782. The number of benzene rings is 2. The van der Waals surface area contributed by atoms with Crippen LogP contribution in [0.5, 0.6) is 0 Å². The Labute approximate surface area is 173 Å². The normalized spacial score (nSPS) is 14.8. The quantitative estimate of drug-likeness (QED) is 0.646. The van der Waals surface area contributed by atoms with Gasteiger partial charge in [0.15, 0.2) is 0 Å². The lowest BCUT2D eigenvalue weighted by Gasteiger charge is -2.36. The van der Waals surface area contributed by atoms with Gasteiger partial charge in [-0.2, -0.15) is 0 Å². The van der Waals surface area contributed by atoms with Gasteiger partial charge in [-0.05, 0) is 56.8 Å². The summed E-state index contributed by atoms with van der Waals surface area (Å²) in [5, 5.41) is 0. The van der Waals surface area contributed by atoms with E-state index in [9.17, 15) is 9.59 Å². The summed E-state index contributed by atoms with van der Waals surface area (Å²) in [7, 11) is 4.08. The Kier molecular flexibility index (Phi) is 7.42. The molecule has 1 saturated heterocycles. The van der Waals surface area contributed by atoms with Crippen LogP contribution in [0.2, 0.25) is 0 Å². The molecule has 1 fully saturated rings. The molecule has 3 rings (SSSR count). The van der Waals surface area contributed by atoms with E-state index in [1.54, 1.807) is 0 Å². The van der Waals surface area contributed by atoms with E-state index in [0.717, 1.165) is 51.0 Å². The van der Waals surface area contributed by atoms with Gasteiger partial charge in [-0.1, -0.05) is 30.3 Å². The fourth-order valence-electron chi connectivity index (χ4n) is 3.80. The minimum absolute atomic E-state index is 0.0753. The van der Waals surface area contributed by atoms with Gasteiger partial charge < -0.3 is 14.7 Å². The van der Waals surface area contributed by atoms with Crippen LogP contribution in [0.25, 0.3) is 0 Å². The van der Waals surface area contributed by atoms with E-state index in [4.69, 9.17) is 0 Å². The van der Waals surface area contributed by atoms with Crippen LogP contribution in [0.1, 0.15) is 28.8 Å². The first-order valence-electron chi connectivity index (χ1n) is 10.3. The van der Waals surface area contributed by atoms with Crippen molar-refractivity contribution in [2.24, 2.45) is 5.92 Å². The van der Waals surface area contributed by atoms with Gasteiger partial charge in [-0.15, -0.1) is 0 Å². The lowest BCUT2D eigenvalue weighted by molar-refractivity contribution is -0.137. The zero-order valence-corrected chi connectivity index (χ0v) is 17.5. The number of amides is 1. The summed E-state index contributed by atoms with van der Waals surface area (Å²) >= 11 is 0. The topological polar surface area (TPSA) is 43.9 Å². The van der Waals surface area contributed by atoms with Crippen LogP contribution in [0.15, 0.2) is 54.6 Å². The van der Waals surface area contributed by atoms with Crippen molar-refractivity contribution in [1.29, 1.82) is 0 Å². The highest BCUT2D eigenvalue weighted by Crippen LogP contribution is 2.25. The monoisotopic (exact) mass is 393 g/mol. The van der Waals surface area contributed by atoms with Crippen molar-refractivity contribution in [3.8, 4) is 0 Å². The molecule has 5 heteroatoms. The van der Waals surface area contributed by atoms with Gasteiger partial charge in [-0.3, -0.25) is 9.59 Å². The molecule has 29 heavy (non-hydrogen) atoms. The predicted octanol–water partition coefficient (Wildman–Crippen LogP) is 3.31. The van der Waals surface area contributed by atoms with Crippen molar-refractivity contribution < 1.29 is 9.59 Å². The molecule has 0 bridgehead atoms. The highest BCUT2D eigenvalue weighted by Gasteiger charge is 2.28. The molecule has 0 radical (unpaired) electrons. The summed E-state index contributed by atoms with van der Waals surface area (Å²) in [4.78, 5) is 30.6. The zero-order valence-electron chi connectivity index (χ0n) is 17.5. The number of likely N-dealkylation sites (N-methyl/N-ethyl adjacent to an activating group) is 1. The first-order valence-corrected chi connectivity index (χ1v) is 10.3. The second-order valence-electron chi connectivity index (χ2n) is 8.02. The van der Waals surface area contributed by atoms with Crippen LogP contribution in [-0.2, 0) is 11.3 Å². The Balaban J connectivity index is 1.61. The van der Waals surface area contributed by atoms with Crippen LogP contribution >= 0.6 is 0 Å². The van der Waals surface area contributed by atoms with Crippen LogP contribution in [0, 0.1) is 5.92 Å². The van der Waals surface area contributed by atoms with Crippen molar-refractivity contribution in [3.63, 3.8) is 0 Å². The van der Waals surface area contributed by atoms with E-state index in [2.05, 4.69) is 21.9 Å². The smallest absolute Gasteiger partial charge is 0.226 e. The molecular weight excluding hydrogens is 362 g/mol. The van der Waals surface area contributed by atoms with E-state index >= 15 is 0 Å². The lowest BCUT2D eigenvalue weighted by Crippen LogP contribution is -2.44. The number of hydrogen-bond acceptors (Lipinski definition) is 4. The molecule has 2 aromatic rings. The predicted molar refractivity (Wildman–Crippen MR) is 117 cm³/mol. The second kappa shape index (κ2) is 10.2. The first kappa shape index (κ1) is 21.1. The summed E-state index contributed by atoms with van der Waals surface area (Å²) in [6.07, 6.45) is 2.59. The van der Waals surface area contributed by atoms with E-state index in [0.29, 0.717) is 12.1 Å². The third kappa shape index (κ3) is 5.91. The molecule has 5 nitrogen and oxygen atoms in total. The Morgan fingerprint density at radius 3 is 2.24 bits per heavy atom. The molecule has 0 spiro atoms. The van der Waals surface area contributed by atoms with E-state index in [1.165, 1.54) is 5.56 Å². The highest BCUT2D eigenvalue weighted by molar-refractivity contribution is 5.79. The molecular formula is C24H31N3O2. The number of nitrogens with zero attached hydrogens (tertiary/aromatic N) is 3. The van der Waals surface area contributed by atoms with Gasteiger partial charge >= 0.3 is 0 Å². The molecule has 0 aromatic heterocycles. The van der Waals surface area contributed by atoms with Gasteiger partial charge in [-0.25, -0.2) is 0 Å². The average Bonchev–Trinajstić information content (AvgIpc) is 2.77. The van der Waals surface area contributed by atoms with E-state index in [-0.39, 0.29) is 11.8 Å². The molecule has 0 aliphatic carbocycles. The molecule has 1 aliphatic rings. The molecule has 1 amide bonds. The van der Waals surface area contributed by atoms with Crippen molar-refractivity contribution in [3.05, 3.63) is 65.7 Å². The number of aldehydes is 1. The first-order chi connectivity index (χ1) is 14.1. The number of rotatable bonds is 8. The van der Waals surface area contributed by atoms with Crippen LogP contribution in [-0.4, -0.2) is 62.3 Å². The zero-order chi connectivity index (χ0) is 20.6. The number of carbonyl (C=O) groups is 2. The maximum absolute atomic E-state index is 13.3. The average molecular weight is 394 g/mol. The molecule has 0 atom stereocenters. The molecule has 1 heterocycles. The standard InChI is InChI=1S/C24H31N3O2/c1-25(2)16-17-27(18-20-6-4-3-5-7-20)24(29)22-12-14-26(15-13-22)23-10-8-21(19-28)9-11-23/h3-11,19,22H,12-18H2,1-2H3. The van der Waals surface area contributed by atoms with Gasteiger partial charge in [0, 0.05) is 49.9 Å². The van der Waals surface area contributed by atoms with Gasteiger partial charge in [0.1, 0.15) is 6.29 Å². The number of carbonyl (C=O) groups excluding carboxylic acids is 2. The maximum atomic E-state index is 13.3. The fraction of sp³-hybridized carbons (Fsp3) is 0.417. The van der Waals surface area contributed by atoms with Crippen LogP contribution < -0.4 is 4.90 Å². The third-order valence-corrected chi connectivity index (χ3v) is 5.58. The Morgan fingerprint density at radius 2 is 1.66 bits per heavy atom. The third-order valence-electron chi connectivity index (χ3n) is 5.58. The van der Waals surface area contributed by atoms with Gasteiger partial charge in [0.2, 0.25) is 5.91 Å². The minimum atomic E-state index is 0.0753. The molecule has 0 unspecified atom stereocenters. The van der Waals surface area contributed by atoms with Crippen molar-refractivity contribution in [2.45, 2.75) is 19.4 Å². The summed E-state index contributed by atoms with van der Waals surface area (Å²) in [5.41, 5.74) is 2.99. The molecule has 1 aliphatic heterocycles. The lowest BCUT2D eigenvalue weighted by atomic mass is 9.94. The van der Waals surface area contributed by atoms with Gasteiger partial charge in [0.25, 0.3) is 0 Å². The van der Waals surface area contributed by atoms with Crippen molar-refractivity contribution >= 4 is 17.9 Å². The largest absolute Gasteiger partial charge is 0.371 e. The number of hydrogen-bond donors (Lipinski definition) is 0. The summed E-state index contributed by atoms with van der Waals surface area (Å²) < 4.78 is 0. The second-order valence-corrected chi connectivity index (χ2v) is 8.02. The van der Waals surface area contributed by atoms with Crippen molar-refractivity contribution in [1.82, 2.24) is 9.80 Å². The molecule has 2 aromatic carbocycles. The molecule has 0 N–H and O–H groups in total. The van der Waals surface area contributed by atoms with Crippen molar-refractivity contribution in [2.75, 3.05) is 45.2 Å². The fourth-order valence-corrected chi connectivity index (χ4v) is 3.80. The maximum Gasteiger partial charge on any atom is 0.226 e. The number of piperidine rings is 1. The van der Waals surface area contributed by atoms with E-state index in [1.807, 2.05) is 61.5 Å². The Hall–Kier alpha value is -2.66. The SMILES string of the molecule is CN(C)CCN(Cc1ccccc1)C(=O)C1CCN(c2ccc(C=O)cc2)CC1. The summed E-state index contributed by atoms with van der Waals surface area (Å²) in [6, 6.07) is 17.9. The van der Waals surface area contributed by atoms with Gasteiger partial charge in [0.05, 0.1) is 0 Å². The van der Waals surface area contributed by atoms with Crippen LogP contribution in [0.3, 0.4) is 0 Å². The van der Waals surface area contributed by atoms with E-state index < -0.39 is 0 Å². The molecule has 0 saturated carbocycles. The molecule has 154 valence electrons. The Morgan fingerprint density at radius 1 is 1.00 bits per heavy atom. The number of anilines is 1. The summed E-state index contributed by atoms with van der Waals surface area (Å²) in [5.74, 6) is 0.345. The summed E-state index contributed by atoms with van der Waals surface area (Å²) in [6.45, 7) is 4.00. The highest BCUT2D eigenvalue weighted by atomic mass is 16.2. The minimum Gasteiger partial charge on any atom is -0.371 e.